The predicted octanol–water partition coefficient (Wildman–Crippen LogP) is 5.53. The molecule has 0 bridgehead atoms. The molecule has 2 aromatic rings. The van der Waals surface area contributed by atoms with Crippen molar-refractivity contribution < 1.29 is 41.9 Å². The second-order valence-corrected chi connectivity index (χ2v) is 19.7. The van der Waals surface area contributed by atoms with E-state index in [1.807, 2.05) is 52.0 Å². The van der Waals surface area contributed by atoms with Gasteiger partial charge in [-0.15, -0.1) is 11.3 Å². The number of hydrogen-bond donors (Lipinski definition) is 3. The highest BCUT2D eigenvalue weighted by atomic mass is 35.5. The number of carbonyl (C=O) groups is 5. The highest BCUT2D eigenvalue weighted by Gasteiger charge is 2.62. The number of thiophene rings is 1. The van der Waals surface area contributed by atoms with Crippen molar-refractivity contribution in [2.75, 3.05) is 20.2 Å². The van der Waals surface area contributed by atoms with Crippen molar-refractivity contribution in [2.24, 2.45) is 5.92 Å². The van der Waals surface area contributed by atoms with Gasteiger partial charge in [0.15, 0.2) is 0 Å². The van der Waals surface area contributed by atoms with Gasteiger partial charge in [0, 0.05) is 42.4 Å². The van der Waals surface area contributed by atoms with E-state index in [2.05, 4.69) is 15.4 Å². The van der Waals surface area contributed by atoms with Crippen LogP contribution in [-0.2, 0) is 58.1 Å². The number of methoxy groups -OCH3 is 1. The van der Waals surface area contributed by atoms with E-state index in [-0.39, 0.29) is 40.8 Å². The van der Waals surface area contributed by atoms with Crippen molar-refractivity contribution >= 4 is 74.8 Å². The van der Waals surface area contributed by atoms with E-state index in [4.69, 9.17) is 32.7 Å². The average molecular weight is 883 g/mol. The topological polar surface area (TPSA) is 181 Å². The number of fused-ring (bicyclic) bond motifs is 3. The molecule has 1 aromatic carbocycles. The zero-order chi connectivity index (χ0) is 42.4. The maximum Gasteiger partial charge on any atom is 0.410 e. The van der Waals surface area contributed by atoms with Crippen LogP contribution in [0.25, 0.3) is 0 Å². The number of carbonyl (C=O) groups excluding carboxylic acids is 5. The number of aryl methyl sites for hydroxylation is 1. The molecule has 3 aliphatic heterocycles. The number of allylic oxidation sites excluding steroid dienone is 1. The first-order chi connectivity index (χ1) is 27.4. The summed E-state index contributed by atoms with van der Waals surface area (Å²) >= 11 is 13.7. The monoisotopic (exact) mass is 881 g/mol. The highest BCUT2D eigenvalue weighted by Crippen LogP contribution is 2.46. The Morgan fingerprint density at radius 3 is 2.57 bits per heavy atom. The Bertz CT molecular complexity index is 2000. The van der Waals surface area contributed by atoms with Crippen LogP contribution >= 0.6 is 34.5 Å². The summed E-state index contributed by atoms with van der Waals surface area (Å²) in [5.74, 6) is -2.67. The third-order valence-electron chi connectivity index (χ3n) is 10.8. The van der Waals surface area contributed by atoms with Crippen LogP contribution < -0.4 is 15.4 Å². The van der Waals surface area contributed by atoms with Gasteiger partial charge in [-0.25, -0.2) is 17.9 Å². The molecule has 2 fully saturated rings. The van der Waals surface area contributed by atoms with Gasteiger partial charge in [0.25, 0.3) is 15.9 Å². The van der Waals surface area contributed by atoms with E-state index in [1.165, 1.54) is 15.9 Å². The third-order valence-corrected chi connectivity index (χ3v) is 14.3. The molecule has 4 aliphatic rings. The predicted molar refractivity (Wildman–Crippen MR) is 221 cm³/mol. The standard InChI is InChI=1S/C35H41Cl2N5O8S2.C5H12O/c1-2-24-16-29(30(37)51-24)52(48,49)40-33(46)35-17-22(35)10-6-4-3-5-7-12-27(38-20-43)32(45)42-19-23(15-28(42)31(44)39-35)50-34(47)41-14-13-25-21(18-41)9-8-11-26(25)36;1-5(2,3)6-4/h6,8-11,16,20,22-23,27-28H,2-5,7,12-15,17-19H2,1H3,(H,38,43)(H,39,44)(H,40,46);1-4H3/b10-6-;. The molecular formula is C40H53Cl2N5O9S2. The molecule has 14 nitrogen and oxygen atoms in total. The number of rotatable bonds is 7. The number of benzene rings is 1. The van der Waals surface area contributed by atoms with Crippen molar-refractivity contribution in [3.8, 4) is 0 Å². The van der Waals surface area contributed by atoms with Crippen LogP contribution in [0.2, 0.25) is 9.36 Å². The lowest BCUT2D eigenvalue weighted by Gasteiger charge is -2.30. The van der Waals surface area contributed by atoms with Gasteiger partial charge in [-0.1, -0.05) is 67.3 Å². The summed E-state index contributed by atoms with van der Waals surface area (Å²) in [6, 6.07) is 4.82. The molecule has 3 N–H and O–H groups in total. The maximum atomic E-state index is 14.2. The summed E-state index contributed by atoms with van der Waals surface area (Å²) in [7, 11) is -2.68. The Labute approximate surface area is 354 Å². The van der Waals surface area contributed by atoms with Crippen molar-refractivity contribution in [1.29, 1.82) is 0 Å². The third kappa shape index (κ3) is 10.9. The second-order valence-electron chi connectivity index (χ2n) is 15.9. The van der Waals surface area contributed by atoms with Crippen molar-refractivity contribution in [2.45, 2.75) is 126 Å². The molecule has 5 unspecified atom stereocenters. The van der Waals surface area contributed by atoms with Crippen LogP contribution in [0.1, 0.15) is 88.6 Å². The Morgan fingerprint density at radius 1 is 1.16 bits per heavy atom. The van der Waals surface area contributed by atoms with Crippen LogP contribution in [0.4, 0.5) is 4.79 Å². The lowest BCUT2D eigenvalue weighted by molar-refractivity contribution is -0.141. The molecule has 6 rings (SSSR count). The Kier molecular flexibility index (Phi) is 15.0. The number of amides is 5. The number of nitrogens with one attached hydrogen (secondary N) is 3. The number of halogens is 2. The number of nitrogens with zero attached hydrogens (tertiary/aromatic N) is 2. The van der Waals surface area contributed by atoms with Gasteiger partial charge in [-0.3, -0.25) is 19.2 Å². The Balaban J connectivity index is 0.000000992. The summed E-state index contributed by atoms with van der Waals surface area (Å²) in [5, 5.41) is 6.01. The summed E-state index contributed by atoms with van der Waals surface area (Å²) in [6.07, 6.45) is 6.99. The van der Waals surface area contributed by atoms with Crippen molar-refractivity contribution in [1.82, 2.24) is 25.2 Å². The van der Waals surface area contributed by atoms with Crippen LogP contribution in [0.5, 0.6) is 0 Å². The molecule has 318 valence electrons. The Hall–Kier alpha value is -3.70. The smallest absolute Gasteiger partial charge is 0.410 e. The first-order valence-corrected chi connectivity index (χ1v) is 22.6. The zero-order valence-corrected chi connectivity index (χ0v) is 36.6. The van der Waals surface area contributed by atoms with E-state index in [9.17, 15) is 32.4 Å². The molecule has 0 radical (unpaired) electrons. The molecule has 58 heavy (non-hydrogen) atoms. The molecule has 18 heteroatoms. The van der Waals surface area contributed by atoms with Gasteiger partial charge in [0.05, 0.1) is 12.1 Å². The largest absolute Gasteiger partial charge is 0.444 e. The quantitative estimate of drug-likeness (QED) is 0.238. The lowest BCUT2D eigenvalue weighted by Crippen LogP contribution is -2.57. The van der Waals surface area contributed by atoms with Gasteiger partial charge >= 0.3 is 6.09 Å². The van der Waals surface area contributed by atoms with Gasteiger partial charge in [-0.2, -0.15) is 0 Å². The number of hydrogen-bond acceptors (Lipinski definition) is 10. The first-order valence-electron chi connectivity index (χ1n) is 19.5. The summed E-state index contributed by atoms with van der Waals surface area (Å²) in [5.41, 5.74) is 0.292. The number of ether oxygens (including phenoxy) is 2. The second kappa shape index (κ2) is 19.1. The molecular weight excluding hydrogens is 830 g/mol. The number of sulfonamides is 1. The fourth-order valence-electron chi connectivity index (χ4n) is 7.23. The van der Waals surface area contributed by atoms with E-state index in [0.717, 1.165) is 40.2 Å². The van der Waals surface area contributed by atoms with Crippen LogP contribution in [-0.4, -0.2) is 98.0 Å². The summed E-state index contributed by atoms with van der Waals surface area (Å²) < 4.78 is 39.7. The minimum atomic E-state index is -4.39. The fraction of sp³-hybridized carbons (Fsp3) is 0.575. The Morgan fingerprint density at radius 2 is 1.90 bits per heavy atom. The van der Waals surface area contributed by atoms with E-state index >= 15 is 0 Å². The first kappa shape index (κ1) is 45.4. The lowest BCUT2D eigenvalue weighted by atomic mass is 10.0. The molecule has 5 amide bonds. The highest BCUT2D eigenvalue weighted by molar-refractivity contribution is 7.90. The van der Waals surface area contributed by atoms with Gasteiger partial charge < -0.3 is 29.9 Å². The van der Waals surface area contributed by atoms with Crippen molar-refractivity contribution in [3.05, 3.63) is 61.8 Å². The molecule has 0 spiro atoms. The van der Waals surface area contributed by atoms with Gasteiger partial charge in [0.1, 0.15) is 33.0 Å². The molecule has 5 atom stereocenters. The van der Waals surface area contributed by atoms with Gasteiger partial charge in [0.2, 0.25) is 18.2 Å². The molecule has 4 heterocycles. The van der Waals surface area contributed by atoms with E-state index in [1.54, 1.807) is 13.2 Å². The molecule has 1 aliphatic carbocycles. The average Bonchev–Trinajstić information content (AvgIpc) is 3.47. The van der Waals surface area contributed by atoms with Gasteiger partial charge in [-0.05, 0) is 82.6 Å². The molecule has 1 saturated carbocycles. The van der Waals surface area contributed by atoms with Crippen molar-refractivity contribution in [3.63, 3.8) is 0 Å². The molecule has 1 saturated heterocycles. The minimum absolute atomic E-state index is 0.0183. The maximum absolute atomic E-state index is 14.2. The fourth-order valence-corrected chi connectivity index (χ4v) is 10.5. The summed E-state index contributed by atoms with van der Waals surface area (Å²) in [4.78, 5) is 70.3. The molecule has 1 aromatic heterocycles. The van der Waals surface area contributed by atoms with E-state index < -0.39 is 63.5 Å². The normalized spacial score (nSPS) is 25.6. The summed E-state index contributed by atoms with van der Waals surface area (Å²) in [6.45, 7) is 8.44. The van der Waals surface area contributed by atoms with E-state index in [0.29, 0.717) is 50.1 Å². The van der Waals surface area contributed by atoms with Crippen LogP contribution in [0.15, 0.2) is 41.3 Å². The van der Waals surface area contributed by atoms with Crippen LogP contribution in [0, 0.1) is 5.92 Å². The minimum Gasteiger partial charge on any atom is -0.444 e. The zero-order valence-electron chi connectivity index (χ0n) is 33.5. The van der Waals surface area contributed by atoms with Crippen LogP contribution in [0.3, 0.4) is 0 Å². The SMILES string of the molecule is CCc1cc(S(=O)(=O)NC(=O)C23CC2/C=C\CCCCCC(NC=O)C(=O)N2CC(OC(=O)N4CCc5c(Cl)cccc5C4)CC2C(=O)N3)c(Cl)s1.COC(C)(C)C.